The minimum Gasteiger partial charge on any atom is -0.454 e. The van der Waals surface area contributed by atoms with Crippen LogP contribution in [0.4, 0.5) is 17.1 Å². The zero-order valence-corrected chi connectivity index (χ0v) is 19.3. The average Bonchev–Trinajstić information content (AvgIpc) is 2.76. The number of nitro groups is 1. The molecule has 0 aliphatic carbocycles. The first-order valence-corrected chi connectivity index (χ1v) is 10.4. The van der Waals surface area contributed by atoms with Gasteiger partial charge in [-0.05, 0) is 42.3 Å². The number of carbonyl (C=O) groups is 4. The van der Waals surface area contributed by atoms with E-state index in [2.05, 4.69) is 16.0 Å². The molecule has 0 unspecified atom stereocenters. The van der Waals surface area contributed by atoms with Crippen molar-refractivity contribution >= 4 is 52.4 Å². The molecule has 0 bridgehead atoms. The zero-order valence-electron chi connectivity index (χ0n) is 18.6. The van der Waals surface area contributed by atoms with Crippen LogP contribution >= 0.6 is 11.6 Å². The summed E-state index contributed by atoms with van der Waals surface area (Å²) in [7, 11) is 0. The molecule has 2 rings (SSSR count). The number of nitrogens with one attached hydrogen (secondary N) is 3. The fourth-order valence-corrected chi connectivity index (χ4v) is 2.97. The molecule has 11 nitrogen and oxygen atoms in total. The summed E-state index contributed by atoms with van der Waals surface area (Å²) >= 11 is 5.76. The minimum absolute atomic E-state index is 0.0602. The van der Waals surface area contributed by atoms with Crippen molar-refractivity contribution in [2.45, 2.75) is 26.8 Å². The van der Waals surface area contributed by atoms with Gasteiger partial charge in [0.15, 0.2) is 6.61 Å². The first-order chi connectivity index (χ1) is 16.0. The van der Waals surface area contributed by atoms with Crippen LogP contribution in [0.1, 0.15) is 31.1 Å². The lowest BCUT2D eigenvalue weighted by Gasteiger charge is -2.20. The first kappa shape index (κ1) is 26.3. The number of hydrogen-bond donors (Lipinski definition) is 3. The topological polar surface area (TPSA) is 157 Å². The van der Waals surface area contributed by atoms with Crippen LogP contribution in [0.25, 0.3) is 0 Å². The van der Waals surface area contributed by atoms with Crippen LogP contribution in [-0.4, -0.2) is 41.3 Å². The van der Waals surface area contributed by atoms with Crippen molar-refractivity contribution in [3.05, 3.63) is 63.2 Å². The Balaban J connectivity index is 1.96. The van der Waals surface area contributed by atoms with Crippen molar-refractivity contribution in [1.29, 1.82) is 0 Å². The molecule has 0 radical (unpaired) electrons. The maximum atomic E-state index is 12.5. The summed E-state index contributed by atoms with van der Waals surface area (Å²) in [5, 5.41) is 18.5. The second-order valence-corrected chi connectivity index (χ2v) is 7.94. The lowest BCUT2D eigenvalue weighted by atomic mass is 10.0. The van der Waals surface area contributed by atoms with Crippen molar-refractivity contribution in [2.75, 3.05) is 17.2 Å². The molecule has 34 heavy (non-hydrogen) atoms. The van der Waals surface area contributed by atoms with Gasteiger partial charge in [-0.3, -0.25) is 24.5 Å². The molecule has 0 aliphatic rings. The smallest absolute Gasteiger partial charge is 0.329 e. The lowest BCUT2D eigenvalue weighted by molar-refractivity contribution is -0.384. The van der Waals surface area contributed by atoms with Gasteiger partial charge < -0.3 is 20.7 Å². The number of nitrogens with zero attached hydrogens (tertiary/aromatic N) is 1. The number of amides is 3. The van der Waals surface area contributed by atoms with E-state index in [1.165, 1.54) is 19.1 Å². The van der Waals surface area contributed by atoms with Crippen LogP contribution in [0.5, 0.6) is 0 Å². The van der Waals surface area contributed by atoms with Crippen molar-refractivity contribution in [2.24, 2.45) is 5.92 Å². The van der Waals surface area contributed by atoms with E-state index in [4.69, 9.17) is 16.3 Å². The summed E-state index contributed by atoms with van der Waals surface area (Å²) in [5.74, 6) is -2.82. The van der Waals surface area contributed by atoms with Crippen molar-refractivity contribution < 1.29 is 28.8 Å². The number of esters is 1. The molecular formula is C22H23ClN4O7. The molecule has 0 aliphatic heterocycles. The summed E-state index contributed by atoms with van der Waals surface area (Å²) in [6.07, 6.45) is 0. The zero-order chi connectivity index (χ0) is 25.4. The molecule has 0 saturated heterocycles. The quantitative estimate of drug-likeness (QED) is 0.277. The van der Waals surface area contributed by atoms with Crippen LogP contribution < -0.4 is 16.0 Å². The van der Waals surface area contributed by atoms with Crippen molar-refractivity contribution in [3.63, 3.8) is 0 Å². The van der Waals surface area contributed by atoms with E-state index >= 15 is 0 Å². The number of hydrogen-bond acceptors (Lipinski definition) is 7. The Kier molecular flexibility index (Phi) is 9.08. The van der Waals surface area contributed by atoms with Gasteiger partial charge in [0.2, 0.25) is 5.91 Å². The third kappa shape index (κ3) is 7.55. The normalized spacial score (nSPS) is 11.3. The van der Waals surface area contributed by atoms with E-state index < -0.39 is 47.0 Å². The fraction of sp³-hybridized carbons (Fsp3) is 0.273. The standard InChI is InChI=1S/C22H23ClN4O7/c1-12(2)20(26-21(30)14-4-9-17(23)18(10-14)27(32)33)22(31)34-11-19(29)25-16-7-5-15(6-8-16)24-13(3)28/h4-10,12,20H,11H2,1-3H3,(H,24,28)(H,25,29)(H,26,30)/t20-/m0/s1. The van der Waals surface area contributed by atoms with Crippen molar-refractivity contribution in [3.8, 4) is 0 Å². The van der Waals surface area contributed by atoms with Gasteiger partial charge in [-0.25, -0.2) is 4.79 Å². The van der Waals surface area contributed by atoms with Gasteiger partial charge in [0, 0.05) is 29.9 Å². The second kappa shape index (κ2) is 11.8. The molecule has 0 fully saturated rings. The Labute approximate surface area is 200 Å². The van der Waals surface area contributed by atoms with Gasteiger partial charge in [-0.15, -0.1) is 0 Å². The monoisotopic (exact) mass is 490 g/mol. The third-order valence-corrected chi connectivity index (χ3v) is 4.77. The van der Waals surface area contributed by atoms with Gasteiger partial charge in [-0.1, -0.05) is 25.4 Å². The molecule has 12 heteroatoms. The maximum absolute atomic E-state index is 12.5. The molecule has 2 aromatic carbocycles. The van der Waals surface area contributed by atoms with Crippen LogP contribution in [0.15, 0.2) is 42.5 Å². The van der Waals surface area contributed by atoms with Crippen molar-refractivity contribution in [1.82, 2.24) is 5.32 Å². The Morgan fingerprint density at radius 3 is 2.15 bits per heavy atom. The minimum atomic E-state index is -1.10. The molecular weight excluding hydrogens is 468 g/mol. The number of ether oxygens (including phenoxy) is 1. The highest BCUT2D eigenvalue weighted by Crippen LogP contribution is 2.25. The lowest BCUT2D eigenvalue weighted by Crippen LogP contribution is -2.46. The summed E-state index contributed by atoms with van der Waals surface area (Å²) < 4.78 is 5.04. The van der Waals surface area contributed by atoms with Crippen LogP contribution in [-0.2, 0) is 19.1 Å². The van der Waals surface area contributed by atoms with Gasteiger partial charge in [0.05, 0.1) is 4.92 Å². The maximum Gasteiger partial charge on any atom is 0.329 e. The molecule has 180 valence electrons. The van der Waals surface area contributed by atoms with Gasteiger partial charge in [0.1, 0.15) is 11.1 Å². The van der Waals surface area contributed by atoms with E-state index in [9.17, 15) is 29.3 Å². The number of benzene rings is 2. The van der Waals surface area contributed by atoms with E-state index in [-0.39, 0.29) is 16.5 Å². The fourth-order valence-electron chi connectivity index (χ4n) is 2.78. The predicted molar refractivity (Wildman–Crippen MR) is 125 cm³/mol. The summed E-state index contributed by atoms with van der Waals surface area (Å²) in [6.45, 7) is 4.09. The highest BCUT2D eigenvalue weighted by atomic mass is 35.5. The van der Waals surface area contributed by atoms with Crippen LogP contribution in [0, 0.1) is 16.0 Å². The first-order valence-electron chi connectivity index (χ1n) is 10.1. The van der Waals surface area contributed by atoms with E-state index in [0.29, 0.717) is 11.4 Å². The summed E-state index contributed by atoms with van der Waals surface area (Å²) in [4.78, 5) is 58.5. The number of nitro benzene ring substituents is 1. The van der Waals surface area contributed by atoms with E-state index in [0.717, 1.165) is 6.07 Å². The van der Waals surface area contributed by atoms with Crippen LogP contribution in [0.3, 0.4) is 0 Å². The number of halogens is 1. The largest absolute Gasteiger partial charge is 0.454 e. The SMILES string of the molecule is CC(=O)Nc1ccc(NC(=O)COC(=O)[C@@H](NC(=O)c2ccc(Cl)c([N+](=O)[O-])c2)C(C)C)cc1. The van der Waals surface area contributed by atoms with Gasteiger partial charge >= 0.3 is 5.97 Å². The molecule has 2 aromatic rings. The second-order valence-electron chi connectivity index (χ2n) is 7.53. The number of carbonyl (C=O) groups excluding carboxylic acids is 4. The molecule has 1 atom stereocenters. The Bertz CT molecular complexity index is 1100. The summed E-state index contributed by atoms with van der Waals surface area (Å²) in [5.41, 5.74) is 0.474. The average molecular weight is 491 g/mol. The van der Waals surface area contributed by atoms with E-state index in [1.54, 1.807) is 38.1 Å². The Hall–Kier alpha value is -3.99. The molecule has 3 amide bonds. The molecule has 0 heterocycles. The Morgan fingerprint density at radius 2 is 1.62 bits per heavy atom. The Morgan fingerprint density at radius 1 is 1.03 bits per heavy atom. The summed E-state index contributed by atoms with van der Waals surface area (Å²) in [6, 6.07) is 8.71. The predicted octanol–water partition coefficient (Wildman–Crippen LogP) is 3.14. The molecule has 0 spiro atoms. The van der Waals surface area contributed by atoms with E-state index in [1.807, 2.05) is 0 Å². The number of rotatable bonds is 9. The molecule has 3 N–H and O–H groups in total. The van der Waals surface area contributed by atoms with Gasteiger partial charge in [-0.2, -0.15) is 0 Å². The van der Waals surface area contributed by atoms with Gasteiger partial charge in [0.25, 0.3) is 17.5 Å². The van der Waals surface area contributed by atoms with Crippen LogP contribution in [0.2, 0.25) is 5.02 Å². The highest BCUT2D eigenvalue weighted by Gasteiger charge is 2.27. The number of anilines is 2. The molecule has 0 saturated carbocycles. The molecule has 0 aromatic heterocycles. The third-order valence-electron chi connectivity index (χ3n) is 4.45. The highest BCUT2D eigenvalue weighted by molar-refractivity contribution is 6.32.